The van der Waals surface area contributed by atoms with Gasteiger partial charge in [-0.15, -0.1) is 0 Å². The van der Waals surface area contributed by atoms with Crippen molar-refractivity contribution < 1.29 is 38.7 Å². The number of aromatic nitrogens is 1. The zero-order valence-electron chi connectivity index (χ0n) is 9.03. The Labute approximate surface area is 118 Å². The number of nitrogens with zero attached hydrogens (tertiary/aromatic N) is 1. The van der Waals surface area contributed by atoms with Gasteiger partial charge in [0.25, 0.3) is 0 Å². The van der Waals surface area contributed by atoms with Crippen LogP contribution in [0.1, 0.15) is 18.4 Å². The number of pyridine rings is 1. The van der Waals surface area contributed by atoms with Crippen LogP contribution in [0.25, 0.3) is 0 Å². The van der Waals surface area contributed by atoms with Gasteiger partial charge >= 0.3 is 0 Å². The van der Waals surface area contributed by atoms with Crippen LogP contribution in [-0.4, -0.2) is 24.2 Å². The molecule has 16 heavy (non-hydrogen) atoms. The maximum atomic E-state index is 5.51. The van der Waals surface area contributed by atoms with Crippen LogP contribution in [0.5, 0.6) is 0 Å². The van der Waals surface area contributed by atoms with Crippen LogP contribution in [-0.2, 0) is 11.3 Å². The van der Waals surface area contributed by atoms with Crippen LogP contribution in [0.3, 0.4) is 0 Å². The topological polar surface area (TPSA) is 34.2 Å². The first-order valence-corrected chi connectivity index (χ1v) is 5.16. The summed E-state index contributed by atoms with van der Waals surface area (Å²) in [5, 5.41) is 3.38. The second-order valence-corrected chi connectivity index (χ2v) is 3.63. The first-order chi connectivity index (χ1) is 6.95. The van der Waals surface area contributed by atoms with Crippen molar-refractivity contribution in [3.8, 4) is 0 Å². The highest BCUT2D eigenvalue weighted by atomic mass is 79.9. The van der Waals surface area contributed by atoms with Gasteiger partial charge in [0.2, 0.25) is 0 Å². The van der Waals surface area contributed by atoms with E-state index in [0.717, 1.165) is 19.7 Å². The van der Waals surface area contributed by atoms with E-state index in [4.69, 9.17) is 4.74 Å². The van der Waals surface area contributed by atoms with E-state index >= 15 is 0 Å². The van der Waals surface area contributed by atoms with E-state index in [9.17, 15) is 0 Å². The highest BCUT2D eigenvalue weighted by Crippen LogP contribution is 2.10. The summed E-state index contributed by atoms with van der Waals surface area (Å²) < 4.78 is 5.51. The Morgan fingerprint density at radius 3 is 2.94 bits per heavy atom. The van der Waals surface area contributed by atoms with Gasteiger partial charge in [0.05, 0.1) is 6.10 Å². The van der Waals surface area contributed by atoms with E-state index in [1.807, 2.05) is 12.3 Å². The van der Waals surface area contributed by atoms with Gasteiger partial charge in [0.1, 0.15) is 0 Å². The predicted octanol–water partition coefficient (Wildman–Crippen LogP) is -4.64. The summed E-state index contributed by atoms with van der Waals surface area (Å²) in [6, 6.07) is 4.04. The lowest BCUT2D eigenvalue weighted by molar-refractivity contribution is -0.00100. The Morgan fingerprint density at radius 2 is 2.31 bits per heavy atom. The number of halogens is 2. The molecule has 2 heterocycles. The Kier molecular flexibility index (Phi) is 9.12. The van der Waals surface area contributed by atoms with Gasteiger partial charge in [0, 0.05) is 32.1 Å². The molecular weight excluding hydrogens is 336 g/mol. The van der Waals surface area contributed by atoms with Crippen molar-refractivity contribution in [2.75, 3.05) is 13.2 Å². The third-order valence-electron chi connectivity index (χ3n) is 2.45. The molecule has 0 aromatic carbocycles. The third-order valence-corrected chi connectivity index (χ3v) is 2.45. The second kappa shape index (κ2) is 9.10. The summed E-state index contributed by atoms with van der Waals surface area (Å²) in [6.07, 6.45) is 6.51. The van der Waals surface area contributed by atoms with Gasteiger partial charge < -0.3 is 44.0 Å². The highest BCUT2D eigenvalue weighted by molar-refractivity contribution is 5.07. The lowest BCUT2D eigenvalue weighted by atomic mass is 10.2. The fourth-order valence-electron chi connectivity index (χ4n) is 1.69. The first kappa shape index (κ1) is 16.0. The monoisotopic (exact) mass is 350 g/mol. The molecule has 92 valence electrons. The highest BCUT2D eigenvalue weighted by Gasteiger charge is 2.14. The lowest BCUT2D eigenvalue weighted by Crippen LogP contribution is -3.00. The summed E-state index contributed by atoms with van der Waals surface area (Å²) >= 11 is 0. The molecule has 0 spiro atoms. The van der Waals surface area contributed by atoms with Crippen molar-refractivity contribution in [2.24, 2.45) is 0 Å². The molecule has 1 aromatic heterocycles. The van der Waals surface area contributed by atoms with Gasteiger partial charge in [-0.3, -0.25) is 4.98 Å². The van der Waals surface area contributed by atoms with E-state index in [2.05, 4.69) is 16.4 Å². The molecule has 1 unspecified atom stereocenters. The molecule has 0 radical (unpaired) electrons. The zero-order chi connectivity index (χ0) is 9.64. The van der Waals surface area contributed by atoms with Crippen LogP contribution in [0.2, 0.25) is 0 Å². The van der Waals surface area contributed by atoms with E-state index in [1.54, 1.807) is 6.20 Å². The molecule has 1 aliphatic rings. The quantitative estimate of drug-likeness (QED) is 0.592. The van der Waals surface area contributed by atoms with Gasteiger partial charge in [-0.05, 0) is 24.5 Å². The molecule has 2 rings (SSSR count). The summed E-state index contributed by atoms with van der Waals surface area (Å²) in [5.41, 5.74) is 1.23. The molecule has 1 saturated heterocycles. The minimum atomic E-state index is 0. The molecule has 0 saturated carbocycles. The number of hydrogen-bond acceptors (Lipinski definition) is 3. The molecule has 1 atom stereocenters. The van der Waals surface area contributed by atoms with E-state index in [0.29, 0.717) is 6.10 Å². The lowest BCUT2D eigenvalue weighted by Gasteiger charge is -2.10. The van der Waals surface area contributed by atoms with Crippen molar-refractivity contribution >= 4 is 0 Å². The molecule has 1 aliphatic heterocycles. The average Bonchev–Trinajstić information content (AvgIpc) is 2.72. The minimum Gasteiger partial charge on any atom is -1.00 e. The molecule has 1 N–H and O–H groups in total. The Morgan fingerprint density at radius 1 is 1.44 bits per heavy atom. The van der Waals surface area contributed by atoms with Gasteiger partial charge in [-0.1, -0.05) is 6.07 Å². The summed E-state index contributed by atoms with van der Waals surface area (Å²) in [4.78, 5) is 4.06. The van der Waals surface area contributed by atoms with E-state index in [-0.39, 0.29) is 34.0 Å². The van der Waals surface area contributed by atoms with Crippen molar-refractivity contribution in [3.63, 3.8) is 0 Å². The summed E-state index contributed by atoms with van der Waals surface area (Å²) in [5.74, 6) is 0. The van der Waals surface area contributed by atoms with Crippen LogP contribution >= 0.6 is 0 Å². The fraction of sp³-hybridized carbons (Fsp3) is 0.545. The van der Waals surface area contributed by atoms with Crippen molar-refractivity contribution in [1.29, 1.82) is 0 Å². The predicted molar refractivity (Wildman–Crippen MR) is 54.9 cm³/mol. The Bertz CT molecular complexity index is 266. The van der Waals surface area contributed by atoms with Crippen molar-refractivity contribution in [1.82, 2.24) is 10.3 Å². The molecule has 0 bridgehead atoms. The maximum absolute atomic E-state index is 5.51. The van der Waals surface area contributed by atoms with Crippen LogP contribution in [0, 0.1) is 0 Å². The maximum Gasteiger partial charge on any atom is 0.0700 e. The molecule has 5 heteroatoms. The molecule has 3 nitrogen and oxygen atoms in total. The van der Waals surface area contributed by atoms with Crippen molar-refractivity contribution in [2.45, 2.75) is 25.5 Å². The SMILES string of the molecule is [Br-].[Br-].c1cncc(CNCC2CCCO2)c1. The number of ether oxygens (including phenoxy) is 1. The van der Waals surface area contributed by atoms with E-state index < -0.39 is 0 Å². The molecule has 1 aromatic rings. The van der Waals surface area contributed by atoms with Gasteiger partial charge in [-0.2, -0.15) is 0 Å². The summed E-state index contributed by atoms with van der Waals surface area (Å²) in [6.45, 7) is 2.77. The normalized spacial score (nSPS) is 18.6. The number of hydrogen-bond donors (Lipinski definition) is 1. The van der Waals surface area contributed by atoms with Crippen LogP contribution in [0.4, 0.5) is 0 Å². The van der Waals surface area contributed by atoms with Crippen LogP contribution < -0.4 is 39.3 Å². The third kappa shape index (κ3) is 5.39. The first-order valence-electron chi connectivity index (χ1n) is 5.16. The fourth-order valence-corrected chi connectivity index (χ4v) is 1.69. The number of nitrogens with one attached hydrogen (secondary N) is 1. The number of rotatable bonds is 4. The molecular formula is C11H16Br2N2O-2. The summed E-state index contributed by atoms with van der Waals surface area (Å²) in [7, 11) is 0. The molecule has 1 fully saturated rings. The minimum absolute atomic E-state index is 0. The second-order valence-electron chi connectivity index (χ2n) is 3.63. The van der Waals surface area contributed by atoms with Crippen molar-refractivity contribution in [3.05, 3.63) is 30.1 Å². The molecule has 0 aliphatic carbocycles. The largest absolute Gasteiger partial charge is 1.00 e. The molecule has 0 amide bonds. The smallest absolute Gasteiger partial charge is 0.0700 e. The Hall–Kier alpha value is 0.0300. The van der Waals surface area contributed by atoms with Gasteiger partial charge in [-0.25, -0.2) is 0 Å². The zero-order valence-corrected chi connectivity index (χ0v) is 12.2. The standard InChI is InChI=1S/C11H16N2O.2BrH/c1-3-10(7-12-5-1)8-13-9-11-4-2-6-14-11;;/h1,3,5,7,11,13H,2,4,6,8-9H2;2*1H/p-2. The van der Waals surface area contributed by atoms with E-state index in [1.165, 1.54) is 18.4 Å². The average molecular weight is 352 g/mol. The van der Waals surface area contributed by atoms with Crippen LogP contribution in [0.15, 0.2) is 24.5 Å². The van der Waals surface area contributed by atoms with Gasteiger partial charge in [0.15, 0.2) is 0 Å². The Balaban J connectivity index is 0.00000112.